The number of nitrogens with one attached hydrogen (secondary N) is 2. The topological polar surface area (TPSA) is 84.9 Å². The summed E-state index contributed by atoms with van der Waals surface area (Å²) in [6.07, 6.45) is 4.30. The van der Waals surface area contributed by atoms with Crippen molar-refractivity contribution in [2.75, 3.05) is 45.7 Å². The maximum atomic E-state index is 12.2. The van der Waals surface area contributed by atoms with Crippen molar-refractivity contribution in [2.24, 2.45) is 0 Å². The molecule has 0 radical (unpaired) electrons. The standard InChI is InChI=1S/C20H32N4O3/c1-23(2)19(26)11-10-16-7-3-4-9-18(16)22-20(27)21-12-14-24-13-6-5-8-17(24)15-25/h3-4,7,9,17,25H,5-6,8,10-15H2,1-2H3,(H2,21,22,27)/t17-/m1/s1. The molecule has 1 aliphatic rings. The summed E-state index contributed by atoms with van der Waals surface area (Å²) in [4.78, 5) is 27.8. The van der Waals surface area contributed by atoms with Crippen molar-refractivity contribution in [3.63, 3.8) is 0 Å². The normalized spacial score (nSPS) is 17.4. The molecule has 27 heavy (non-hydrogen) atoms. The van der Waals surface area contributed by atoms with Crippen LogP contribution < -0.4 is 10.6 Å². The molecule has 1 fully saturated rings. The lowest BCUT2D eigenvalue weighted by atomic mass is 10.0. The number of carbonyl (C=O) groups is 2. The van der Waals surface area contributed by atoms with E-state index in [1.54, 1.807) is 19.0 Å². The molecule has 3 amide bonds. The van der Waals surface area contributed by atoms with Gasteiger partial charge in [-0.1, -0.05) is 24.6 Å². The maximum absolute atomic E-state index is 12.2. The molecule has 1 aliphatic heterocycles. The number of piperidine rings is 1. The molecule has 2 rings (SSSR count). The van der Waals surface area contributed by atoms with Crippen molar-refractivity contribution in [2.45, 2.75) is 38.1 Å². The van der Waals surface area contributed by atoms with E-state index in [0.29, 0.717) is 19.4 Å². The number of hydrogen-bond acceptors (Lipinski definition) is 4. The number of anilines is 1. The van der Waals surface area contributed by atoms with Gasteiger partial charge in [-0.2, -0.15) is 0 Å². The molecule has 3 N–H and O–H groups in total. The van der Waals surface area contributed by atoms with Crippen LogP contribution in [0.2, 0.25) is 0 Å². The fourth-order valence-electron chi connectivity index (χ4n) is 3.37. The van der Waals surface area contributed by atoms with E-state index in [9.17, 15) is 14.7 Å². The summed E-state index contributed by atoms with van der Waals surface area (Å²) in [5, 5.41) is 15.2. The zero-order chi connectivity index (χ0) is 19.6. The number of nitrogens with zero attached hydrogens (tertiary/aromatic N) is 2. The van der Waals surface area contributed by atoms with Gasteiger partial charge in [-0.25, -0.2) is 4.79 Å². The average molecular weight is 377 g/mol. The van der Waals surface area contributed by atoms with Crippen molar-refractivity contribution >= 4 is 17.6 Å². The van der Waals surface area contributed by atoms with Crippen molar-refractivity contribution in [3.05, 3.63) is 29.8 Å². The molecule has 0 aromatic heterocycles. The highest BCUT2D eigenvalue weighted by atomic mass is 16.3. The first-order chi connectivity index (χ1) is 13.0. The van der Waals surface area contributed by atoms with Crippen molar-refractivity contribution in [1.29, 1.82) is 0 Å². The molecule has 7 nitrogen and oxygen atoms in total. The van der Waals surface area contributed by atoms with Gasteiger partial charge >= 0.3 is 6.03 Å². The van der Waals surface area contributed by atoms with Crippen LogP contribution in [0.3, 0.4) is 0 Å². The molecule has 1 atom stereocenters. The molecule has 1 saturated heterocycles. The average Bonchev–Trinajstić information content (AvgIpc) is 2.67. The van der Waals surface area contributed by atoms with Gasteiger partial charge in [0.1, 0.15) is 0 Å². The first-order valence-corrected chi connectivity index (χ1v) is 9.69. The number of aryl methyl sites for hydroxylation is 1. The summed E-state index contributed by atoms with van der Waals surface area (Å²) in [5.74, 6) is 0.0641. The van der Waals surface area contributed by atoms with E-state index in [1.807, 2.05) is 24.3 Å². The Morgan fingerprint density at radius 2 is 2.04 bits per heavy atom. The second-order valence-corrected chi connectivity index (χ2v) is 7.19. The summed E-state index contributed by atoms with van der Waals surface area (Å²) < 4.78 is 0. The Kier molecular flexibility index (Phi) is 8.54. The largest absolute Gasteiger partial charge is 0.395 e. The van der Waals surface area contributed by atoms with E-state index in [0.717, 1.165) is 43.6 Å². The minimum atomic E-state index is -0.251. The predicted octanol–water partition coefficient (Wildman–Crippen LogP) is 1.68. The van der Waals surface area contributed by atoms with Crippen molar-refractivity contribution < 1.29 is 14.7 Å². The smallest absolute Gasteiger partial charge is 0.319 e. The van der Waals surface area contributed by atoms with Gasteiger partial charge in [0, 0.05) is 45.3 Å². The van der Waals surface area contributed by atoms with E-state index in [1.165, 1.54) is 0 Å². The number of para-hydroxylation sites is 1. The minimum Gasteiger partial charge on any atom is -0.395 e. The molecule has 150 valence electrons. The molecule has 0 bridgehead atoms. The number of likely N-dealkylation sites (tertiary alicyclic amines) is 1. The summed E-state index contributed by atoms with van der Waals surface area (Å²) in [5.41, 5.74) is 1.67. The molecule has 7 heteroatoms. The lowest BCUT2D eigenvalue weighted by molar-refractivity contribution is -0.128. The van der Waals surface area contributed by atoms with Crippen LogP contribution in [-0.4, -0.2) is 73.2 Å². The lowest BCUT2D eigenvalue weighted by Gasteiger charge is -2.34. The molecular formula is C20H32N4O3. The number of hydrogen-bond donors (Lipinski definition) is 3. The first kappa shape index (κ1) is 21.2. The Bertz CT molecular complexity index is 621. The number of amides is 3. The van der Waals surface area contributed by atoms with Gasteiger partial charge in [-0.15, -0.1) is 0 Å². The third kappa shape index (κ3) is 6.84. The second kappa shape index (κ2) is 10.9. The molecule has 0 aliphatic carbocycles. The van der Waals surface area contributed by atoms with Gasteiger partial charge in [0.2, 0.25) is 5.91 Å². The van der Waals surface area contributed by atoms with E-state index in [2.05, 4.69) is 15.5 Å². The summed E-state index contributed by atoms with van der Waals surface area (Å²) in [7, 11) is 3.48. The summed E-state index contributed by atoms with van der Waals surface area (Å²) in [6, 6.07) is 7.51. The van der Waals surface area contributed by atoms with E-state index in [4.69, 9.17) is 0 Å². The quantitative estimate of drug-likeness (QED) is 0.644. The van der Waals surface area contributed by atoms with Crippen LogP contribution in [0.15, 0.2) is 24.3 Å². The maximum Gasteiger partial charge on any atom is 0.319 e. The second-order valence-electron chi connectivity index (χ2n) is 7.19. The van der Waals surface area contributed by atoms with E-state index >= 15 is 0 Å². The predicted molar refractivity (Wildman–Crippen MR) is 107 cm³/mol. The van der Waals surface area contributed by atoms with E-state index < -0.39 is 0 Å². The molecule has 0 saturated carbocycles. The molecule has 0 spiro atoms. The van der Waals surface area contributed by atoms with Gasteiger partial charge in [0.15, 0.2) is 0 Å². The highest BCUT2D eigenvalue weighted by Crippen LogP contribution is 2.17. The lowest BCUT2D eigenvalue weighted by Crippen LogP contribution is -2.46. The van der Waals surface area contributed by atoms with Gasteiger partial charge in [0.05, 0.1) is 6.61 Å². The van der Waals surface area contributed by atoms with Crippen LogP contribution >= 0.6 is 0 Å². The third-order valence-corrected chi connectivity index (χ3v) is 5.02. The minimum absolute atomic E-state index is 0.0641. The highest BCUT2D eigenvalue weighted by Gasteiger charge is 2.21. The number of aliphatic hydroxyl groups excluding tert-OH is 1. The van der Waals surface area contributed by atoms with Crippen molar-refractivity contribution in [1.82, 2.24) is 15.1 Å². The molecule has 0 unspecified atom stereocenters. The Labute approximate surface area is 161 Å². The van der Waals surface area contributed by atoms with Gasteiger partial charge in [0.25, 0.3) is 0 Å². The molecule has 1 aromatic rings. The fourth-order valence-corrected chi connectivity index (χ4v) is 3.37. The molecule has 1 aromatic carbocycles. The number of urea groups is 1. The Morgan fingerprint density at radius 3 is 2.78 bits per heavy atom. The summed E-state index contributed by atoms with van der Waals surface area (Å²) >= 11 is 0. The summed E-state index contributed by atoms with van der Waals surface area (Å²) in [6.45, 7) is 2.41. The van der Waals surface area contributed by atoms with Crippen LogP contribution in [-0.2, 0) is 11.2 Å². The van der Waals surface area contributed by atoms with Gasteiger partial charge in [-0.05, 0) is 37.4 Å². The third-order valence-electron chi connectivity index (χ3n) is 5.02. The molecular weight excluding hydrogens is 344 g/mol. The number of carbonyl (C=O) groups excluding carboxylic acids is 2. The van der Waals surface area contributed by atoms with Gasteiger partial charge < -0.3 is 20.6 Å². The van der Waals surface area contributed by atoms with Crippen LogP contribution in [0.25, 0.3) is 0 Å². The monoisotopic (exact) mass is 376 g/mol. The van der Waals surface area contributed by atoms with Crippen molar-refractivity contribution in [3.8, 4) is 0 Å². The number of benzene rings is 1. The van der Waals surface area contributed by atoms with E-state index in [-0.39, 0.29) is 24.6 Å². The van der Waals surface area contributed by atoms with Crippen LogP contribution in [0.5, 0.6) is 0 Å². The number of rotatable bonds is 8. The Morgan fingerprint density at radius 1 is 1.26 bits per heavy atom. The number of aliphatic hydroxyl groups is 1. The van der Waals surface area contributed by atoms with Crippen LogP contribution in [0.4, 0.5) is 10.5 Å². The van der Waals surface area contributed by atoms with Crippen LogP contribution in [0.1, 0.15) is 31.2 Å². The molecule has 1 heterocycles. The zero-order valence-electron chi connectivity index (χ0n) is 16.4. The SMILES string of the molecule is CN(C)C(=O)CCc1ccccc1NC(=O)NCCN1CCCC[C@@H]1CO. The first-order valence-electron chi connectivity index (χ1n) is 9.69. The highest BCUT2D eigenvalue weighted by molar-refractivity contribution is 5.90. The zero-order valence-corrected chi connectivity index (χ0v) is 16.4. The van der Waals surface area contributed by atoms with Gasteiger partial charge in [-0.3, -0.25) is 9.69 Å². The Balaban J connectivity index is 1.80. The van der Waals surface area contributed by atoms with Crippen LogP contribution in [0, 0.1) is 0 Å². The Hall–Kier alpha value is -2.12. The fraction of sp³-hybridized carbons (Fsp3) is 0.600.